The van der Waals surface area contributed by atoms with E-state index in [1.807, 2.05) is 18.4 Å². The molecule has 2 rings (SSSR count). The molecule has 0 aliphatic carbocycles. The molecular weight excluding hydrogens is 281 g/mol. The van der Waals surface area contributed by atoms with Crippen LogP contribution in [0, 0.1) is 13.8 Å². The molecule has 3 nitrogen and oxygen atoms in total. The van der Waals surface area contributed by atoms with E-state index < -0.39 is 17.8 Å². The molecule has 0 spiro atoms. The molecule has 1 aromatic heterocycles. The molecule has 0 fully saturated rings. The number of aliphatic hydroxyl groups is 1. The second-order valence-corrected chi connectivity index (χ2v) is 5.12. The van der Waals surface area contributed by atoms with Crippen molar-refractivity contribution in [3.05, 3.63) is 53.1 Å². The quantitative estimate of drug-likeness (QED) is 0.942. The van der Waals surface area contributed by atoms with Crippen LogP contribution in [-0.4, -0.2) is 20.8 Å². The summed E-state index contributed by atoms with van der Waals surface area (Å²) in [6.07, 6.45) is -3.05. The first kappa shape index (κ1) is 15.6. The number of nitrogens with zero attached hydrogens (tertiary/aromatic N) is 2. The lowest BCUT2D eigenvalue weighted by Crippen LogP contribution is -2.19. The molecule has 0 aliphatic rings. The van der Waals surface area contributed by atoms with E-state index in [0.29, 0.717) is 18.5 Å². The summed E-state index contributed by atoms with van der Waals surface area (Å²) in [6, 6.07) is 4.87. The number of aryl methyl sites for hydroxylation is 1. The fourth-order valence-corrected chi connectivity index (χ4v) is 2.12. The van der Waals surface area contributed by atoms with Crippen LogP contribution in [0.2, 0.25) is 0 Å². The average molecular weight is 298 g/mol. The van der Waals surface area contributed by atoms with Gasteiger partial charge in [0.1, 0.15) is 0 Å². The minimum absolute atomic E-state index is 0.300. The molecule has 0 amide bonds. The van der Waals surface area contributed by atoms with Crippen LogP contribution >= 0.6 is 0 Å². The molecule has 0 aliphatic heterocycles. The number of rotatable bonds is 4. The molecule has 114 valence electrons. The first-order valence-corrected chi connectivity index (χ1v) is 6.60. The summed E-state index contributed by atoms with van der Waals surface area (Å²) in [6.45, 7) is 4.16. The van der Waals surface area contributed by atoms with E-state index >= 15 is 0 Å². The van der Waals surface area contributed by atoms with Gasteiger partial charge in [-0.25, -0.2) is 4.98 Å². The highest BCUT2D eigenvalue weighted by molar-refractivity contribution is 5.25. The lowest BCUT2D eigenvalue weighted by atomic mass is 10.1. The van der Waals surface area contributed by atoms with Crippen molar-refractivity contribution >= 4 is 0 Å². The minimum atomic E-state index is -4.33. The van der Waals surface area contributed by atoms with E-state index in [2.05, 4.69) is 4.98 Å². The minimum Gasteiger partial charge on any atom is -0.391 e. The number of benzene rings is 1. The maximum Gasteiger partial charge on any atom is 0.416 e. The van der Waals surface area contributed by atoms with Crippen molar-refractivity contribution in [1.82, 2.24) is 9.55 Å². The predicted octanol–water partition coefficient (Wildman–Crippen LogP) is 3.12. The third kappa shape index (κ3) is 3.85. The molecule has 1 atom stereocenters. The van der Waals surface area contributed by atoms with Crippen molar-refractivity contribution in [3.8, 4) is 0 Å². The summed E-state index contributed by atoms with van der Waals surface area (Å²) in [5.74, 6) is 0. The van der Waals surface area contributed by atoms with Gasteiger partial charge < -0.3 is 9.67 Å². The van der Waals surface area contributed by atoms with E-state index in [4.69, 9.17) is 0 Å². The summed E-state index contributed by atoms with van der Waals surface area (Å²) in [5, 5.41) is 10.0. The van der Waals surface area contributed by atoms with Gasteiger partial charge in [-0.1, -0.05) is 12.1 Å². The Bertz CT molecular complexity index is 602. The monoisotopic (exact) mass is 298 g/mol. The Morgan fingerprint density at radius 2 is 1.81 bits per heavy atom. The number of aliphatic hydroxyl groups excluding tert-OH is 1. The summed E-state index contributed by atoms with van der Waals surface area (Å²) in [5.41, 5.74) is 1.87. The SMILES string of the molecule is Cc1ncn(CC(O)Cc2ccc(C(F)(F)F)cc2)c1C. The molecule has 6 heteroatoms. The smallest absolute Gasteiger partial charge is 0.391 e. The van der Waals surface area contributed by atoms with Crippen molar-refractivity contribution in [1.29, 1.82) is 0 Å². The summed E-state index contributed by atoms with van der Waals surface area (Å²) < 4.78 is 39.2. The van der Waals surface area contributed by atoms with Crippen LogP contribution in [0.4, 0.5) is 13.2 Å². The van der Waals surface area contributed by atoms with E-state index in [0.717, 1.165) is 23.5 Å². The second kappa shape index (κ2) is 5.89. The van der Waals surface area contributed by atoms with Crippen LogP contribution in [0.15, 0.2) is 30.6 Å². The Labute approximate surface area is 121 Å². The molecule has 0 saturated carbocycles. The van der Waals surface area contributed by atoms with Crippen molar-refractivity contribution in [3.63, 3.8) is 0 Å². The van der Waals surface area contributed by atoms with Gasteiger partial charge in [0.05, 0.1) is 30.2 Å². The van der Waals surface area contributed by atoms with Gasteiger partial charge in [0.15, 0.2) is 0 Å². The molecule has 1 N–H and O–H groups in total. The predicted molar refractivity (Wildman–Crippen MR) is 72.9 cm³/mol. The highest BCUT2D eigenvalue weighted by Gasteiger charge is 2.29. The van der Waals surface area contributed by atoms with Gasteiger partial charge in [0, 0.05) is 12.1 Å². The Hall–Kier alpha value is -1.82. The Morgan fingerprint density at radius 1 is 1.19 bits per heavy atom. The molecular formula is C15H17F3N2O. The molecule has 0 radical (unpaired) electrons. The molecule has 1 unspecified atom stereocenters. The average Bonchev–Trinajstić information content (AvgIpc) is 2.70. The van der Waals surface area contributed by atoms with Gasteiger partial charge in [0.2, 0.25) is 0 Å². The number of alkyl halides is 3. The molecule has 1 aromatic carbocycles. The second-order valence-electron chi connectivity index (χ2n) is 5.12. The maximum absolute atomic E-state index is 12.5. The lowest BCUT2D eigenvalue weighted by molar-refractivity contribution is -0.137. The van der Waals surface area contributed by atoms with Crippen molar-refractivity contribution in [2.45, 2.75) is 39.1 Å². The van der Waals surface area contributed by atoms with Crippen LogP contribution in [-0.2, 0) is 19.1 Å². The Balaban J connectivity index is 2.00. The van der Waals surface area contributed by atoms with E-state index in [-0.39, 0.29) is 0 Å². The number of hydrogen-bond donors (Lipinski definition) is 1. The van der Waals surface area contributed by atoms with Gasteiger partial charge in [-0.2, -0.15) is 13.2 Å². The van der Waals surface area contributed by atoms with Crippen LogP contribution in [0.3, 0.4) is 0 Å². The zero-order valence-electron chi connectivity index (χ0n) is 11.9. The van der Waals surface area contributed by atoms with Gasteiger partial charge in [-0.15, -0.1) is 0 Å². The number of halogens is 3. The van der Waals surface area contributed by atoms with Crippen LogP contribution in [0.5, 0.6) is 0 Å². The number of hydrogen-bond acceptors (Lipinski definition) is 2. The fraction of sp³-hybridized carbons (Fsp3) is 0.400. The number of aromatic nitrogens is 2. The first-order chi connectivity index (χ1) is 9.77. The highest BCUT2D eigenvalue weighted by atomic mass is 19.4. The van der Waals surface area contributed by atoms with Gasteiger partial charge in [-0.3, -0.25) is 0 Å². The lowest BCUT2D eigenvalue weighted by Gasteiger charge is -2.13. The Morgan fingerprint density at radius 3 is 2.29 bits per heavy atom. The van der Waals surface area contributed by atoms with Crippen LogP contribution in [0.25, 0.3) is 0 Å². The van der Waals surface area contributed by atoms with Crippen molar-refractivity contribution in [2.24, 2.45) is 0 Å². The zero-order chi connectivity index (χ0) is 15.6. The van der Waals surface area contributed by atoms with Gasteiger partial charge in [0.25, 0.3) is 0 Å². The molecule has 1 heterocycles. The van der Waals surface area contributed by atoms with Crippen LogP contribution in [0.1, 0.15) is 22.5 Å². The van der Waals surface area contributed by atoms with E-state index in [1.54, 1.807) is 6.33 Å². The third-order valence-corrected chi connectivity index (χ3v) is 3.51. The molecule has 2 aromatic rings. The molecule has 21 heavy (non-hydrogen) atoms. The van der Waals surface area contributed by atoms with Gasteiger partial charge in [-0.05, 0) is 31.5 Å². The summed E-state index contributed by atoms with van der Waals surface area (Å²) in [7, 11) is 0. The van der Waals surface area contributed by atoms with Crippen molar-refractivity contribution < 1.29 is 18.3 Å². The highest BCUT2D eigenvalue weighted by Crippen LogP contribution is 2.29. The normalized spacial score (nSPS) is 13.4. The zero-order valence-corrected chi connectivity index (χ0v) is 11.9. The topological polar surface area (TPSA) is 38.0 Å². The Kier molecular flexibility index (Phi) is 4.37. The standard InChI is InChI=1S/C15H17F3N2O/c1-10-11(2)20(9-19-10)8-14(21)7-12-3-5-13(6-4-12)15(16,17)18/h3-6,9,14,21H,7-8H2,1-2H3. The summed E-state index contributed by atoms with van der Waals surface area (Å²) >= 11 is 0. The van der Waals surface area contributed by atoms with E-state index in [1.165, 1.54) is 12.1 Å². The number of imidazole rings is 1. The van der Waals surface area contributed by atoms with Crippen molar-refractivity contribution in [2.75, 3.05) is 0 Å². The fourth-order valence-electron chi connectivity index (χ4n) is 2.12. The third-order valence-electron chi connectivity index (χ3n) is 3.51. The van der Waals surface area contributed by atoms with Gasteiger partial charge >= 0.3 is 6.18 Å². The maximum atomic E-state index is 12.5. The molecule has 0 saturated heterocycles. The largest absolute Gasteiger partial charge is 0.416 e. The van der Waals surface area contributed by atoms with Crippen LogP contribution < -0.4 is 0 Å². The molecule has 0 bridgehead atoms. The first-order valence-electron chi connectivity index (χ1n) is 6.60. The summed E-state index contributed by atoms with van der Waals surface area (Å²) in [4.78, 5) is 4.14. The van der Waals surface area contributed by atoms with E-state index in [9.17, 15) is 18.3 Å².